The first kappa shape index (κ1) is 24.9. The third-order valence-electron chi connectivity index (χ3n) is 6.28. The van der Waals surface area contributed by atoms with Gasteiger partial charge in [0.25, 0.3) is 0 Å². The van der Waals surface area contributed by atoms with E-state index in [9.17, 15) is 4.79 Å². The van der Waals surface area contributed by atoms with Crippen LogP contribution in [0.4, 0.5) is 4.79 Å². The number of benzene rings is 2. The predicted octanol–water partition coefficient (Wildman–Crippen LogP) is 4.64. The maximum Gasteiger partial charge on any atom is 0.408 e. The Hall–Kier alpha value is -3.23. The minimum absolute atomic E-state index is 0.211. The number of unbranched alkanes of at least 4 members (excludes halogenated alkanes) is 1. The number of alkyl carbamates (subject to hydrolysis) is 1. The van der Waals surface area contributed by atoms with Gasteiger partial charge < -0.3 is 19.5 Å². The largest absolute Gasteiger partial charge is 0.445 e. The maximum absolute atomic E-state index is 12.5. The van der Waals surface area contributed by atoms with E-state index >= 15 is 0 Å². The summed E-state index contributed by atoms with van der Waals surface area (Å²) in [4.78, 5) is 21.9. The molecule has 1 amide bonds. The van der Waals surface area contributed by atoms with Crippen molar-refractivity contribution in [3.05, 3.63) is 71.6 Å². The highest BCUT2D eigenvalue weighted by atomic mass is 16.5. The molecule has 35 heavy (non-hydrogen) atoms. The topological polar surface area (TPSA) is 83.7 Å². The van der Waals surface area contributed by atoms with Crippen molar-refractivity contribution < 1.29 is 14.1 Å². The van der Waals surface area contributed by atoms with E-state index in [1.165, 1.54) is 5.56 Å². The molecule has 8 nitrogen and oxygen atoms in total. The zero-order valence-electron chi connectivity index (χ0n) is 20.7. The number of ether oxygens (including phenoxy) is 1. The van der Waals surface area contributed by atoms with Crippen LogP contribution in [0.3, 0.4) is 0 Å². The van der Waals surface area contributed by atoms with Gasteiger partial charge in [0.1, 0.15) is 12.6 Å². The zero-order valence-corrected chi connectivity index (χ0v) is 20.7. The number of nitrogens with zero attached hydrogens (tertiary/aromatic N) is 4. The Morgan fingerprint density at radius 2 is 1.86 bits per heavy atom. The Labute approximate surface area is 207 Å². The molecule has 1 saturated heterocycles. The maximum atomic E-state index is 12.5. The van der Waals surface area contributed by atoms with E-state index in [2.05, 4.69) is 51.4 Å². The van der Waals surface area contributed by atoms with Crippen LogP contribution in [-0.2, 0) is 17.9 Å². The molecule has 1 aromatic heterocycles. The molecule has 0 aliphatic carbocycles. The van der Waals surface area contributed by atoms with Gasteiger partial charge in [-0.05, 0) is 30.7 Å². The average molecular weight is 478 g/mol. The van der Waals surface area contributed by atoms with Crippen molar-refractivity contribution in [1.29, 1.82) is 0 Å². The monoisotopic (exact) mass is 477 g/mol. The molecule has 0 bridgehead atoms. The van der Waals surface area contributed by atoms with Crippen LogP contribution in [0.2, 0.25) is 0 Å². The van der Waals surface area contributed by atoms with E-state index < -0.39 is 12.1 Å². The van der Waals surface area contributed by atoms with Crippen molar-refractivity contribution in [2.24, 2.45) is 0 Å². The van der Waals surface area contributed by atoms with E-state index in [1.54, 1.807) is 0 Å². The summed E-state index contributed by atoms with van der Waals surface area (Å²) in [7, 11) is 2.16. The minimum Gasteiger partial charge on any atom is -0.445 e. The van der Waals surface area contributed by atoms with Crippen LogP contribution in [0.15, 0.2) is 59.1 Å². The number of rotatable bonds is 10. The van der Waals surface area contributed by atoms with Gasteiger partial charge in [-0.3, -0.25) is 4.90 Å². The van der Waals surface area contributed by atoms with Gasteiger partial charge in [0, 0.05) is 38.3 Å². The van der Waals surface area contributed by atoms with Crippen LogP contribution in [0.25, 0.3) is 11.4 Å². The van der Waals surface area contributed by atoms with Gasteiger partial charge >= 0.3 is 6.09 Å². The fourth-order valence-electron chi connectivity index (χ4n) is 4.14. The van der Waals surface area contributed by atoms with Crippen molar-refractivity contribution in [3.8, 4) is 11.4 Å². The van der Waals surface area contributed by atoms with Gasteiger partial charge in [-0.2, -0.15) is 4.98 Å². The minimum atomic E-state index is -0.496. The van der Waals surface area contributed by atoms with Crippen molar-refractivity contribution in [2.75, 3.05) is 33.2 Å². The third kappa shape index (κ3) is 7.37. The molecule has 8 heteroatoms. The van der Waals surface area contributed by atoms with Crippen LogP contribution in [0.5, 0.6) is 0 Å². The van der Waals surface area contributed by atoms with E-state index in [4.69, 9.17) is 9.26 Å². The molecule has 1 aliphatic heterocycles. The second kappa shape index (κ2) is 12.5. The second-order valence-corrected chi connectivity index (χ2v) is 9.14. The van der Waals surface area contributed by atoms with Crippen molar-refractivity contribution >= 4 is 6.09 Å². The van der Waals surface area contributed by atoms with Gasteiger partial charge in [-0.1, -0.05) is 73.5 Å². The molecule has 0 spiro atoms. The normalized spacial score (nSPS) is 15.6. The smallest absolute Gasteiger partial charge is 0.408 e. The summed E-state index contributed by atoms with van der Waals surface area (Å²) in [6.07, 6.45) is 2.11. The van der Waals surface area contributed by atoms with E-state index in [0.717, 1.165) is 56.7 Å². The Kier molecular flexibility index (Phi) is 8.86. The van der Waals surface area contributed by atoms with Crippen molar-refractivity contribution in [1.82, 2.24) is 25.3 Å². The first-order valence-electron chi connectivity index (χ1n) is 12.4. The third-order valence-corrected chi connectivity index (χ3v) is 6.28. The van der Waals surface area contributed by atoms with Gasteiger partial charge in [0.15, 0.2) is 0 Å². The van der Waals surface area contributed by atoms with Gasteiger partial charge in [-0.15, -0.1) is 0 Å². The lowest BCUT2D eigenvalue weighted by molar-refractivity contribution is 0.132. The summed E-state index contributed by atoms with van der Waals surface area (Å²) in [6.45, 7) is 7.54. The molecule has 186 valence electrons. The van der Waals surface area contributed by atoms with Gasteiger partial charge in [-0.25, -0.2) is 4.79 Å². The second-order valence-electron chi connectivity index (χ2n) is 9.14. The number of likely N-dealkylation sites (N-methyl/N-ethyl adjacent to an activating group) is 1. The lowest BCUT2D eigenvalue weighted by Crippen LogP contribution is -2.43. The fourth-order valence-corrected chi connectivity index (χ4v) is 4.14. The summed E-state index contributed by atoms with van der Waals surface area (Å²) in [5.74, 6) is 0.927. The molecule has 1 fully saturated rings. The van der Waals surface area contributed by atoms with Crippen molar-refractivity contribution in [2.45, 2.75) is 45.4 Å². The fraction of sp³-hybridized carbons (Fsp3) is 0.444. The molecule has 0 unspecified atom stereocenters. The van der Waals surface area contributed by atoms with E-state index in [-0.39, 0.29) is 6.61 Å². The van der Waals surface area contributed by atoms with Gasteiger partial charge in [0.2, 0.25) is 11.7 Å². The highest BCUT2D eigenvalue weighted by Crippen LogP contribution is 2.23. The molecule has 2 heterocycles. The summed E-state index contributed by atoms with van der Waals surface area (Å²) in [5, 5.41) is 7.12. The number of amides is 1. The molecule has 0 saturated carbocycles. The van der Waals surface area contributed by atoms with Gasteiger partial charge in [0.05, 0.1) is 0 Å². The average Bonchev–Trinajstić information content (AvgIpc) is 3.38. The van der Waals surface area contributed by atoms with E-state index in [1.807, 2.05) is 42.5 Å². The standard InChI is InChI=1S/C27H35N5O3/c1-3-4-13-24(28-27(33)34-20-21-9-6-5-7-10-21)26-29-25(30-35-26)23-12-8-11-22(18-23)19-32-16-14-31(2)15-17-32/h5-12,18,24H,3-4,13-17,19-20H2,1-2H3,(H,28,33)/t24-/m1/s1. The Balaban J connectivity index is 1.40. The Bertz CT molecular complexity index is 1060. The highest BCUT2D eigenvalue weighted by Gasteiger charge is 2.22. The zero-order chi connectivity index (χ0) is 24.5. The summed E-state index contributed by atoms with van der Waals surface area (Å²) in [6, 6.07) is 17.5. The number of carbonyl (C=O) groups excluding carboxylic acids is 1. The van der Waals surface area contributed by atoms with Crippen LogP contribution in [-0.4, -0.2) is 59.3 Å². The number of nitrogens with one attached hydrogen (secondary N) is 1. The number of piperazine rings is 1. The van der Waals surface area contributed by atoms with Crippen LogP contribution in [0.1, 0.15) is 49.2 Å². The van der Waals surface area contributed by atoms with Crippen LogP contribution >= 0.6 is 0 Å². The lowest BCUT2D eigenvalue weighted by atomic mass is 10.1. The summed E-state index contributed by atoms with van der Waals surface area (Å²) < 4.78 is 11.0. The van der Waals surface area contributed by atoms with Crippen LogP contribution < -0.4 is 5.32 Å². The first-order valence-corrected chi connectivity index (χ1v) is 12.4. The molecule has 0 radical (unpaired) electrons. The lowest BCUT2D eigenvalue weighted by Gasteiger charge is -2.32. The molecular formula is C27H35N5O3. The van der Waals surface area contributed by atoms with E-state index in [0.29, 0.717) is 18.1 Å². The highest BCUT2D eigenvalue weighted by molar-refractivity contribution is 5.67. The molecule has 1 aliphatic rings. The Morgan fingerprint density at radius 3 is 2.63 bits per heavy atom. The number of hydrogen-bond donors (Lipinski definition) is 1. The number of aromatic nitrogens is 2. The summed E-state index contributed by atoms with van der Waals surface area (Å²) in [5.41, 5.74) is 3.07. The molecular weight excluding hydrogens is 442 g/mol. The molecule has 3 aromatic rings. The number of carbonyl (C=O) groups is 1. The predicted molar refractivity (Wildman–Crippen MR) is 135 cm³/mol. The molecule has 2 aromatic carbocycles. The molecule has 1 atom stereocenters. The molecule has 1 N–H and O–H groups in total. The first-order chi connectivity index (χ1) is 17.1. The summed E-state index contributed by atoms with van der Waals surface area (Å²) >= 11 is 0. The Morgan fingerprint density at radius 1 is 1.09 bits per heavy atom. The SMILES string of the molecule is CCCC[C@@H](NC(=O)OCc1ccccc1)c1nc(-c2cccc(CN3CCN(C)CC3)c2)no1. The quantitative estimate of drug-likeness (QED) is 0.455. The van der Waals surface area contributed by atoms with Crippen molar-refractivity contribution in [3.63, 3.8) is 0 Å². The number of hydrogen-bond acceptors (Lipinski definition) is 7. The molecule has 4 rings (SSSR count). The van der Waals surface area contributed by atoms with Crippen LogP contribution in [0, 0.1) is 0 Å².